The molecule has 1 amide bonds. The number of aliphatic hydroxyl groups is 1. The number of hydrogen-bond donors (Lipinski definition) is 1. The summed E-state index contributed by atoms with van der Waals surface area (Å²) >= 11 is 0. The number of fused-ring (bicyclic) bond motifs is 3. The van der Waals surface area contributed by atoms with Crippen molar-refractivity contribution in [2.45, 2.75) is 24.9 Å². The van der Waals surface area contributed by atoms with Gasteiger partial charge in [0.05, 0.1) is 36.7 Å². The van der Waals surface area contributed by atoms with Gasteiger partial charge in [-0.25, -0.2) is 0 Å². The van der Waals surface area contributed by atoms with Crippen molar-refractivity contribution in [2.75, 3.05) is 25.1 Å². The molecule has 1 aromatic heterocycles. The fourth-order valence-electron chi connectivity index (χ4n) is 5.41. The Balaban J connectivity index is 1.54. The molecule has 3 atom stereocenters. The molecule has 3 aromatic rings. The van der Waals surface area contributed by atoms with Gasteiger partial charge in [0.25, 0.3) is 0 Å². The van der Waals surface area contributed by atoms with E-state index in [0.29, 0.717) is 12.1 Å². The molecule has 0 saturated carbocycles. The second-order valence-corrected chi connectivity index (χ2v) is 8.81. The van der Waals surface area contributed by atoms with Crippen molar-refractivity contribution in [3.8, 4) is 17.2 Å². The van der Waals surface area contributed by atoms with Crippen molar-refractivity contribution < 1.29 is 9.90 Å². The van der Waals surface area contributed by atoms with Crippen molar-refractivity contribution in [3.63, 3.8) is 0 Å². The summed E-state index contributed by atoms with van der Waals surface area (Å²) < 4.78 is 0. The van der Waals surface area contributed by atoms with E-state index in [-0.39, 0.29) is 36.9 Å². The van der Waals surface area contributed by atoms with Crippen LogP contribution in [0, 0.1) is 17.2 Å². The maximum absolute atomic E-state index is 13.4. The number of likely N-dealkylation sites (N-methyl/N-ethyl adjacent to an activating group) is 1. The Morgan fingerprint density at radius 1 is 1.15 bits per heavy atom. The Labute approximate surface area is 193 Å². The molecule has 0 aliphatic carbocycles. The minimum atomic E-state index is -0.0807. The molecule has 0 spiro atoms. The number of likely N-dealkylation sites (tertiary alicyclic amines) is 1. The van der Waals surface area contributed by atoms with E-state index in [1.807, 2.05) is 54.4 Å². The summed E-state index contributed by atoms with van der Waals surface area (Å²) in [5.74, 6) is 0.230. The van der Waals surface area contributed by atoms with Crippen LogP contribution in [0.4, 0.5) is 5.69 Å². The lowest BCUT2D eigenvalue weighted by atomic mass is 9.81. The van der Waals surface area contributed by atoms with E-state index in [9.17, 15) is 9.90 Å². The first-order chi connectivity index (χ1) is 16.1. The van der Waals surface area contributed by atoms with Gasteiger partial charge in [-0.1, -0.05) is 24.3 Å². The number of pyridine rings is 1. The number of aromatic nitrogens is 1. The Kier molecular flexibility index (Phi) is 5.57. The number of nitrogens with zero attached hydrogens (tertiary/aromatic N) is 4. The topological polar surface area (TPSA) is 80.5 Å². The molecular formula is C27H26N4O2. The third kappa shape index (κ3) is 3.75. The molecule has 1 N–H and O–H groups in total. The van der Waals surface area contributed by atoms with Crippen molar-refractivity contribution in [1.82, 2.24) is 9.88 Å². The van der Waals surface area contributed by atoms with Crippen LogP contribution in [-0.2, 0) is 11.2 Å². The van der Waals surface area contributed by atoms with Gasteiger partial charge in [-0.05, 0) is 59.5 Å². The quantitative estimate of drug-likeness (QED) is 0.674. The SMILES string of the molecule is CN1c2ccc(-c3ccc(C#N)cc3)cc2[C@H]2[C@H](CCN2C(=O)Cc2ccccn2)[C@@H]1CO. The first kappa shape index (κ1) is 21.2. The van der Waals surface area contributed by atoms with Crippen LogP contribution in [0.3, 0.4) is 0 Å². The molecule has 0 bridgehead atoms. The van der Waals surface area contributed by atoms with Gasteiger partial charge in [-0.15, -0.1) is 0 Å². The van der Waals surface area contributed by atoms with E-state index in [4.69, 9.17) is 5.26 Å². The molecule has 3 heterocycles. The fourth-order valence-corrected chi connectivity index (χ4v) is 5.41. The molecule has 33 heavy (non-hydrogen) atoms. The van der Waals surface area contributed by atoms with Crippen LogP contribution in [0.1, 0.15) is 29.3 Å². The number of rotatable bonds is 4. The highest BCUT2D eigenvalue weighted by Crippen LogP contribution is 2.49. The lowest BCUT2D eigenvalue weighted by Gasteiger charge is -2.44. The minimum Gasteiger partial charge on any atom is -0.394 e. The number of nitriles is 1. The number of amides is 1. The van der Waals surface area contributed by atoms with Crippen LogP contribution in [0.2, 0.25) is 0 Å². The molecule has 166 valence electrons. The van der Waals surface area contributed by atoms with Crippen LogP contribution < -0.4 is 4.90 Å². The summed E-state index contributed by atoms with van der Waals surface area (Å²) in [5.41, 5.74) is 5.64. The summed E-state index contributed by atoms with van der Waals surface area (Å²) in [6, 6.07) is 21.6. The first-order valence-electron chi connectivity index (χ1n) is 11.3. The number of hydrogen-bond acceptors (Lipinski definition) is 5. The van der Waals surface area contributed by atoms with Crippen LogP contribution >= 0.6 is 0 Å². The molecule has 2 aliphatic heterocycles. The first-order valence-corrected chi connectivity index (χ1v) is 11.3. The Bertz CT molecular complexity index is 1200. The van der Waals surface area contributed by atoms with E-state index >= 15 is 0 Å². The minimum absolute atomic E-state index is 0.0316. The molecule has 1 saturated heterocycles. The summed E-state index contributed by atoms with van der Waals surface area (Å²) in [4.78, 5) is 21.8. The monoisotopic (exact) mass is 438 g/mol. The largest absolute Gasteiger partial charge is 0.394 e. The van der Waals surface area contributed by atoms with Crippen LogP contribution in [0.15, 0.2) is 66.9 Å². The van der Waals surface area contributed by atoms with Crippen LogP contribution in [0.5, 0.6) is 0 Å². The zero-order valence-corrected chi connectivity index (χ0v) is 18.6. The average Bonchev–Trinajstić information content (AvgIpc) is 3.30. The van der Waals surface area contributed by atoms with Gasteiger partial charge in [0.15, 0.2) is 0 Å². The second kappa shape index (κ2) is 8.68. The molecule has 1 fully saturated rings. The zero-order chi connectivity index (χ0) is 22.9. The molecule has 0 radical (unpaired) electrons. The summed E-state index contributed by atoms with van der Waals surface area (Å²) in [5, 5.41) is 19.3. The number of anilines is 1. The van der Waals surface area contributed by atoms with E-state index in [2.05, 4.69) is 34.2 Å². The smallest absolute Gasteiger partial charge is 0.229 e. The highest BCUT2D eigenvalue weighted by molar-refractivity contribution is 5.80. The molecule has 2 aromatic carbocycles. The van der Waals surface area contributed by atoms with Crippen LogP contribution in [0.25, 0.3) is 11.1 Å². The van der Waals surface area contributed by atoms with Gasteiger partial charge in [-0.2, -0.15) is 5.26 Å². The zero-order valence-electron chi connectivity index (χ0n) is 18.6. The second-order valence-electron chi connectivity index (χ2n) is 8.81. The van der Waals surface area contributed by atoms with E-state index in [1.54, 1.807) is 6.20 Å². The van der Waals surface area contributed by atoms with E-state index in [0.717, 1.165) is 34.5 Å². The third-order valence-corrected chi connectivity index (χ3v) is 7.08. The van der Waals surface area contributed by atoms with Crippen molar-refractivity contribution in [3.05, 3.63) is 83.7 Å². The van der Waals surface area contributed by atoms with Gasteiger partial charge >= 0.3 is 0 Å². The standard InChI is InChI=1S/C27H26N4O2/c1-30-24-10-9-20(19-7-5-18(16-28)6-8-19)14-23(24)27-22(25(30)17-32)11-13-31(27)26(33)15-21-4-2-3-12-29-21/h2-10,12,14,22,25,27,32H,11,13,15,17H2,1H3/t22-,25+,27-/m1/s1. The van der Waals surface area contributed by atoms with Crippen molar-refractivity contribution >= 4 is 11.6 Å². The fraction of sp³-hybridized carbons (Fsp3) is 0.296. The average molecular weight is 439 g/mol. The maximum Gasteiger partial charge on any atom is 0.229 e. The Hall–Kier alpha value is -3.69. The van der Waals surface area contributed by atoms with Gasteiger partial charge in [0, 0.05) is 37.1 Å². The van der Waals surface area contributed by atoms with Crippen molar-refractivity contribution in [1.29, 1.82) is 5.26 Å². The van der Waals surface area contributed by atoms with Gasteiger partial charge in [0.1, 0.15) is 0 Å². The van der Waals surface area contributed by atoms with Crippen LogP contribution in [-0.4, -0.2) is 47.1 Å². The molecule has 0 unspecified atom stereocenters. The number of carbonyl (C=O) groups excluding carboxylic acids is 1. The molecule has 6 heteroatoms. The number of carbonyl (C=O) groups is 1. The predicted octanol–water partition coefficient (Wildman–Crippen LogP) is 3.56. The normalized spacial score (nSPS) is 21.3. The molecule has 5 rings (SSSR count). The highest BCUT2D eigenvalue weighted by atomic mass is 16.3. The predicted molar refractivity (Wildman–Crippen MR) is 126 cm³/mol. The lowest BCUT2D eigenvalue weighted by Crippen LogP contribution is -2.48. The molecule has 2 aliphatic rings. The van der Waals surface area contributed by atoms with Gasteiger partial charge < -0.3 is 14.9 Å². The molecular weight excluding hydrogens is 412 g/mol. The molecule has 6 nitrogen and oxygen atoms in total. The Morgan fingerprint density at radius 2 is 1.94 bits per heavy atom. The summed E-state index contributed by atoms with van der Waals surface area (Å²) in [6.45, 7) is 0.725. The van der Waals surface area contributed by atoms with E-state index in [1.165, 1.54) is 0 Å². The lowest BCUT2D eigenvalue weighted by molar-refractivity contribution is -0.132. The van der Waals surface area contributed by atoms with Gasteiger partial charge in [-0.3, -0.25) is 9.78 Å². The van der Waals surface area contributed by atoms with Crippen molar-refractivity contribution in [2.24, 2.45) is 5.92 Å². The van der Waals surface area contributed by atoms with Gasteiger partial charge in [0.2, 0.25) is 5.91 Å². The Morgan fingerprint density at radius 3 is 2.64 bits per heavy atom. The number of aliphatic hydroxyl groups excluding tert-OH is 1. The summed E-state index contributed by atoms with van der Waals surface area (Å²) in [7, 11) is 2.02. The maximum atomic E-state index is 13.4. The summed E-state index contributed by atoms with van der Waals surface area (Å²) in [6.07, 6.45) is 2.84. The third-order valence-electron chi connectivity index (χ3n) is 7.08. The number of benzene rings is 2. The van der Waals surface area contributed by atoms with E-state index < -0.39 is 0 Å². The highest BCUT2D eigenvalue weighted by Gasteiger charge is 2.47.